The van der Waals surface area contributed by atoms with Crippen molar-refractivity contribution in [2.24, 2.45) is 0 Å². The molecule has 3 aromatic rings. The Kier molecular flexibility index (Phi) is 9.44. The van der Waals surface area contributed by atoms with Gasteiger partial charge in [0.2, 0.25) is 0 Å². The Morgan fingerprint density at radius 3 is 1.79 bits per heavy atom. The number of hydrogen-bond donors (Lipinski definition) is 1. The minimum Gasteiger partial charge on any atom is -0.497 e. The van der Waals surface area contributed by atoms with Gasteiger partial charge < -0.3 is 24.1 Å². The number of carbonyl (C=O) groups is 1. The van der Waals surface area contributed by atoms with Crippen molar-refractivity contribution in [3.8, 4) is 29.1 Å². The van der Waals surface area contributed by atoms with Crippen molar-refractivity contribution in [3.63, 3.8) is 0 Å². The van der Waals surface area contributed by atoms with Crippen molar-refractivity contribution < 1.29 is 28.8 Å². The molecule has 6 nitrogen and oxygen atoms in total. The van der Waals surface area contributed by atoms with E-state index in [1.807, 2.05) is 81.4 Å². The van der Waals surface area contributed by atoms with E-state index < -0.39 is 11.2 Å². The van der Waals surface area contributed by atoms with Gasteiger partial charge in [-0.1, -0.05) is 42.2 Å². The van der Waals surface area contributed by atoms with Gasteiger partial charge in [0.15, 0.2) is 0 Å². The number of carbonyl (C=O) groups excluding carboxylic acids is 1. The maximum Gasteiger partial charge on any atom is 0.306 e. The Labute approximate surface area is 225 Å². The van der Waals surface area contributed by atoms with Gasteiger partial charge in [-0.3, -0.25) is 4.79 Å². The van der Waals surface area contributed by atoms with E-state index in [0.717, 1.165) is 0 Å². The van der Waals surface area contributed by atoms with E-state index in [0.29, 0.717) is 58.8 Å². The minimum absolute atomic E-state index is 0.233. The number of benzene rings is 3. The molecule has 0 saturated carbocycles. The van der Waals surface area contributed by atoms with E-state index in [4.69, 9.17) is 18.9 Å². The zero-order valence-electron chi connectivity index (χ0n) is 23.0. The van der Waals surface area contributed by atoms with Gasteiger partial charge >= 0.3 is 5.97 Å². The molecule has 0 amide bonds. The Bertz CT molecular complexity index is 1230. The quantitative estimate of drug-likeness (QED) is 0.166. The van der Waals surface area contributed by atoms with E-state index in [2.05, 4.69) is 11.8 Å². The lowest BCUT2D eigenvalue weighted by molar-refractivity contribution is -0.154. The molecule has 0 aliphatic heterocycles. The third kappa shape index (κ3) is 7.08. The molecule has 0 fully saturated rings. The first-order valence-electron chi connectivity index (χ1n) is 12.5. The van der Waals surface area contributed by atoms with Crippen LogP contribution in [0.4, 0.5) is 0 Å². The van der Waals surface area contributed by atoms with Crippen molar-refractivity contribution in [1.29, 1.82) is 0 Å². The van der Waals surface area contributed by atoms with Gasteiger partial charge in [0.05, 0.1) is 26.9 Å². The highest BCUT2D eigenvalue weighted by molar-refractivity contribution is 5.69. The summed E-state index contributed by atoms with van der Waals surface area (Å²) in [7, 11) is 4.79. The summed E-state index contributed by atoms with van der Waals surface area (Å²) in [6.45, 7) is 5.55. The van der Waals surface area contributed by atoms with Crippen molar-refractivity contribution >= 4 is 5.97 Å². The van der Waals surface area contributed by atoms with Gasteiger partial charge in [0.25, 0.3) is 0 Å². The van der Waals surface area contributed by atoms with Crippen LogP contribution < -0.4 is 14.2 Å². The second-order valence-corrected chi connectivity index (χ2v) is 9.82. The summed E-state index contributed by atoms with van der Waals surface area (Å²) < 4.78 is 21.5. The zero-order valence-corrected chi connectivity index (χ0v) is 23.0. The van der Waals surface area contributed by atoms with Gasteiger partial charge in [0, 0.05) is 12.8 Å². The number of ether oxygens (including phenoxy) is 4. The van der Waals surface area contributed by atoms with Gasteiger partial charge in [-0.15, -0.1) is 0 Å². The monoisotopic (exact) mass is 516 g/mol. The number of rotatable bonds is 9. The summed E-state index contributed by atoms with van der Waals surface area (Å²) in [5.74, 6) is 8.04. The average Bonchev–Trinajstić information content (AvgIpc) is 2.91. The highest BCUT2D eigenvalue weighted by atomic mass is 16.6. The normalized spacial score (nSPS) is 11.2. The molecule has 0 aromatic heterocycles. The van der Waals surface area contributed by atoms with Crippen LogP contribution in [0, 0.1) is 11.8 Å². The molecular formula is C32H36O6. The van der Waals surface area contributed by atoms with Crippen LogP contribution in [-0.4, -0.2) is 38.0 Å². The van der Waals surface area contributed by atoms with Gasteiger partial charge in [-0.25, -0.2) is 0 Å². The predicted molar refractivity (Wildman–Crippen MR) is 148 cm³/mol. The van der Waals surface area contributed by atoms with Crippen LogP contribution in [-0.2, 0) is 15.1 Å². The van der Waals surface area contributed by atoms with Crippen LogP contribution >= 0.6 is 0 Å². The molecule has 0 unspecified atom stereocenters. The molecule has 3 aromatic carbocycles. The summed E-state index contributed by atoms with van der Waals surface area (Å²) in [5, 5.41) is 12.3. The lowest BCUT2D eigenvalue weighted by Gasteiger charge is -2.31. The van der Waals surface area contributed by atoms with Gasteiger partial charge in [0.1, 0.15) is 28.5 Å². The predicted octanol–water partition coefficient (Wildman–Crippen LogP) is 5.86. The van der Waals surface area contributed by atoms with E-state index in [1.165, 1.54) is 0 Å². The number of aliphatic hydroxyl groups is 1. The highest BCUT2D eigenvalue weighted by Crippen LogP contribution is 2.39. The summed E-state index contributed by atoms with van der Waals surface area (Å²) in [4.78, 5) is 12.0. The summed E-state index contributed by atoms with van der Waals surface area (Å²) in [5.41, 5.74) is 0.642. The maximum atomic E-state index is 12.3. The third-order valence-corrected chi connectivity index (χ3v) is 5.96. The number of esters is 1. The molecule has 0 aliphatic carbocycles. The van der Waals surface area contributed by atoms with E-state index in [9.17, 15) is 9.90 Å². The molecule has 0 spiro atoms. The number of hydrogen-bond acceptors (Lipinski definition) is 6. The fourth-order valence-corrected chi connectivity index (χ4v) is 4.07. The van der Waals surface area contributed by atoms with Crippen molar-refractivity contribution in [2.45, 2.75) is 51.2 Å². The van der Waals surface area contributed by atoms with Crippen molar-refractivity contribution in [1.82, 2.24) is 0 Å². The summed E-state index contributed by atoms with van der Waals surface area (Å²) >= 11 is 0. The maximum absolute atomic E-state index is 12.3. The highest BCUT2D eigenvalue weighted by Gasteiger charge is 2.34. The summed E-state index contributed by atoms with van der Waals surface area (Å²) in [6.07, 6.45) is 1.41. The van der Waals surface area contributed by atoms with Crippen LogP contribution in [0.15, 0.2) is 66.7 Å². The lowest BCUT2D eigenvalue weighted by atomic mass is 9.80. The molecule has 38 heavy (non-hydrogen) atoms. The molecule has 1 N–H and O–H groups in total. The molecule has 0 aliphatic rings. The Hall–Kier alpha value is -3.95. The lowest BCUT2D eigenvalue weighted by Crippen LogP contribution is -2.29. The fourth-order valence-electron chi connectivity index (χ4n) is 4.07. The SMILES string of the molecule is COc1ccc(C(O)(c2ccc(OC)cc2)c2ccc(OC)c(C#CCCCC(=O)OC(C)(C)C)c2)cc1. The molecule has 3 rings (SSSR count). The molecule has 0 heterocycles. The Morgan fingerprint density at radius 2 is 1.32 bits per heavy atom. The van der Waals surface area contributed by atoms with Crippen LogP contribution in [0.25, 0.3) is 0 Å². The van der Waals surface area contributed by atoms with Crippen molar-refractivity contribution in [2.75, 3.05) is 21.3 Å². The third-order valence-electron chi connectivity index (χ3n) is 5.96. The molecular weight excluding hydrogens is 480 g/mol. The molecule has 6 heteroatoms. The van der Waals surface area contributed by atoms with E-state index >= 15 is 0 Å². The number of methoxy groups -OCH3 is 3. The molecule has 0 saturated heterocycles. The van der Waals surface area contributed by atoms with Crippen LogP contribution in [0.3, 0.4) is 0 Å². The largest absolute Gasteiger partial charge is 0.497 e. The summed E-state index contributed by atoms with van der Waals surface area (Å²) in [6, 6.07) is 20.1. The topological polar surface area (TPSA) is 74.2 Å². The smallest absolute Gasteiger partial charge is 0.306 e. The van der Waals surface area contributed by atoms with Crippen LogP contribution in [0.1, 0.15) is 62.3 Å². The van der Waals surface area contributed by atoms with Crippen LogP contribution in [0.2, 0.25) is 0 Å². The first-order valence-corrected chi connectivity index (χ1v) is 12.5. The van der Waals surface area contributed by atoms with Crippen molar-refractivity contribution in [3.05, 3.63) is 89.0 Å². The van der Waals surface area contributed by atoms with Gasteiger partial charge in [-0.05, 0) is 80.3 Å². The van der Waals surface area contributed by atoms with Crippen LogP contribution in [0.5, 0.6) is 17.2 Å². The first kappa shape index (κ1) is 28.6. The molecule has 0 bridgehead atoms. The zero-order chi connectivity index (χ0) is 27.8. The Morgan fingerprint density at radius 1 is 0.789 bits per heavy atom. The average molecular weight is 517 g/mol. The molecule has 0 atom stereocenters. The Balaban J connectivity index is 1.95. The first-order chi connectivity index (χ1) is 18.1. The molecule has 0 radical (unpaired) electrons. The van der Waals surface area contributed by atoms with Gasteiger partial charge in [-0.2, -0.15) is 0 Å². The van der Waals surface area contributed by atoms with E-state index in [-0.39, 0.29) is 5.97 Å². The number of unbranched alkanes of at least 4 members (excludes halogenated alkanes) is 1. The second kappa shape index (κ2) is 12.5. The minimum atomic E-state index is -1.47. The molecule has 200 valence electrons. The fraction of sp³-hybridized carbons (Fsp3) is 0.344. The van der Waals surface area contributed by atoms with E-state index in [1.54, 1.807) is 27.4 Å². The standard InChI is InChI=1S/C32H36O6/c1-31(2,3)38-30(33)11-9-7-8-10-23-22-26(16-21-29(23)37-6)32(34,24-12-17-27(35-4)18-13-24)25-14-19-28(36-5)20-15-25/h12-22,34H,7,9,11H2,1-6H3. The second-order valence-electron chi connectivity index (χ2n) is 9.82.